The molecule has 0 aliphatic heterocycles. The van der Waals surface area contributed by atoms with Gasteiger partial charge in [0.15, 0.2) is 0 Å². The van der Waals surface area contributed by atoms with Crippen LogP contribution in [0.25, 0.3) is 0 Å². The maximum Gasteiger partial charge on any atom is 0.325 e. The standard InChI is InChI=1S/C13H16N2O4/c16-11(8-4-5-9-12(17)18)15-13(19)14-10-6-2-1-3-7-10/h1-3,6-7H,4-5,8-9H2,(H,17,18)(H2,14,15,16,19). The normalized spacial score (nSPS) is 9.68. The molecule has 0 heterocycles. The van der Waals surface area contributed by atoms with Crippen molar-refractivity contribution in [1.29, 1.82) is 0 Å². The van der Waals surface area contributed by atoms with E-state index in [4.69, 9.17) is 5.11 Å². The zero-order chi connectivity index (χ0) is 14.1. The number of rotatable bonds is 6. The van der Waals surface area contributed by atoms with Gasteiger partial charge in [0.2, 0.25) is 5.91 Å². The predicted molar refractivity (Wildman–Crippen MR) is 69.7 cm³/mol. The van der Waals surface area contributed by atoms with Gasteiger partial charge in [-0.05, 0) is 25.0 Å². The minimum absolute atomic E-state index is 0.0312. The summed E-state index contributed by atoms with van der Waals surface area (Å²) in [4.78, 5) is 33.1. The molecule has 0 aliphatic carbocycles. The van der Waals surface area contributed by atoms with E-state index in [-0.39, 0.29) is 12.8 Å². The van der Waals surface area contributed by atoms with E-state index in [0.717, 1.165) is 0 Å². The highest BCUT2D eigenvalue weighted by Gasteiger charge is 2.07. The largest absolute Gasteiger partial charge is 0.481 e. The number of hydrogen-bond donors (Lipinski definition) is 3. The first kappa shape index (κ1) is 14.7. The topological polar surface area (TPSA) is 95.5 Å². The number of anilines is 1. The zero-order valence-corrected chi connectivity index (χ0v) is 10.4. The van der Waals surface area contributed by atoms with Gasteiger partial charge in [0.25, 0.3) is 0 Å². The van der Waals surface area contributed by atoms with E-state index in [1.807, 2.05) is 6.07 Å². The van der Waals surface area contributed by atoms with Crippen LogP contribution in [0.15, 0.2) is 30.3 Å². The number of aliphatic carboxylic acids is 1. The highest BCUT2D eigenvalue weighted by molar-refractivity contribution is 6.01. The molecule has 0 aliphatic rings. The number of urea groups is 1. The molecule has 0 spiro atoms. The minimum atomic E-state index is -0.887. The van der Waals surface area contributed by atoms with Gasteiger partial charge in [0.1, 0.15) is 0 Å². The smallest absolute Gasteiger partial charge is 0.325 e. The van der Waals surface area contributed by atoms with Crippen molar-refractivity contribution in [3.8, 4) is 0 Å². The van der Waals surface area contributed by atoms with Gasteiger partial charge in [-0.2, -0.15) is 0 Å². The fourth-order valence-corrected chi connectivity index (χ4v) is 1.43. The summed E-state index contributed by atoms with van der Waals surface area (Å²) >= 11 is 0. The molecule has 0 radical (unpaired) electrons. The summed E-state index contributed by atoms with van der Waals surface area (Å²) in [7, 11) is 0. The van der Waals surface area contributed by atoms with Crippen LogP contribution in [-0.4, -0.2) is 23.0 Å². The zero-order valence-electron chi connectivity index (χ0n) is 10.4. The summed E-state index contributed by atoms with van der Waals surface area (Å²) in [5.41, 5.74) is 0.596. The van der Waals surface area contributed by atoms with Gasteiger partial charge in [-0.3, -0.25) is 14.9 Å². The van der Waals surface area contributed by atoms with E-state index in [9.17, 15) is 14.4 Å². The molecule has 0 aromatic heterocycles. The number of amides is 3. The van der Waals surface area contributed by atoms with Gasteiger partial charge < -0.3 is 10.4 Å². The Labute approximate surface area is 110 Å². The van der Waals surface area contributed by atoms with E-state index in [2.05, 4.69) is 10.6 Å². The SMILES string of the molecule is O=C(O)CCCCC(=O)NC(=O)Nc1ccccc1. The van der Waals surface area contributed by atoms with Gasteiger partial charge in [0.05, 0.1) is 0 Å². The van der Waals surface area contributed by atoms with Crippen LogP contribution in [0.5, 0.6) is 0 Å². The lowest BCUT2D eigenvalue weighted by molar-refractivity contribution is -0.137. The summed E-state index contributed by atoms with van der Waals surface area (Å²) in [5.74, 6) is -1.30. The molecular formula is C13H16N2O4. The molecule has 3 amide bonds. The molecule has 0 atom stereocenters. The van der Waals surface area contributed by atoms with Crippen molar-refractivity contribution in [3.05, 3.63) is 30.3 Å². The quantitative estimate of drug-likeness (QED) is 0.684. The van der Waals surface area contributed by atoms with Crippen LogP contribution in [0.2, 0.25) is 0 Å². The molecule has 0 fully saturated rings. The first-order valence-corrected chi connectivity index (χ1v) is 5.95. The Hall–Kier alpha value is -2.37. The van der Waals surface area contributed by atoms with Crippen molar-refractivity contribution in [2.75, 3.05) is 5.32 Å². The average molecular weight is 264 g/mol. The van der Waals surface area contributed by atoms with Crippen molar-refractivity contribution >= 4 is 23.6 Å². The van der Waals surface area contributed by atoms with Crippen LogP contribution in [-0.2, 0) is 9.59 Å². The Balaban J connectivity index is 2.21. The molecule has 0 saturated carbocycles. The molecule has 3 N–H and O–H groups in total. The molecule has 0 unspecified atom stereocenters. The van der Waals surface area contributed by atoms with Crippen LogP contribution in [0.3, 0.4) is 0 Å². The van der Waals surface area contributed by atoms with Crippen molar-refractivity contribution in [2.45, 2.75) is 25.7 Å². The summed E-state index contributed by atoms with van der Waals surface area (Å²) < 4.78 is 0. The predicted octanol–water partition coefficient (Wildman–Crippen LogP) is 1.98. The van der Waals surface area contributed by atoms with Crippen molar-refractivity contribution < 1.29 is 19.5 Å². The van der Waals surface area contributed by atoms with Crippen molar-refractivity contribution in [3.63, 3.8) is 0 Å². The number of carboxylic acids is 1. The van der Waals surface area contributed by atoms with Crippen LogP contribution < -0.4 is 10.6 Å². The van der Waals surface area contributed by atoms with E-state index in [0.29, 0.717) is 18.5 Å². The maximum absolute atomic E-state index is 11.4. The van der Waals surface area contributed by atoms with Crippen LogP contribution >= 0.6 is 0 Å². The molecule has 1 rings (SSSR count). The van der Waals surface area contributed by atoms with Crippen LogP contribution in [0, 0.1) is 0 Å². The monoisotopic (exact) mass is 264 g/mol. The third-order valence-corrected chi connectivity index (χ3v) is 2.33. The van der Waals surface area contributed by atoms with Gasteiger partial charge in [-0.25, -0.2) is 4.79 Å². The molecule has 1 aromatic carbocycles. The molecule has 6 nitrogen and oxygen atoms in total. The lowest BCUT2D eigenvalue weighted by Crippen LogP contribution is -2.34. The number of imide groups is 1. The van der Waals surface area contributed by atoms with E-state index in [1.165, 1.54) is 0 Å². The summed E-state index contributed by atoms with van der Waals surface area (Å²) in [6.45, 7) is 0. The molecule has 19 heavy (non-hydrogen) atoms. The number of carbonyl (C=O) groups excluding carboxylic acids is 2. The van der Waals surface area contributed by atoms with Crippen LogP contribution in [0.4, 0.5) is 10.5 Å². The summed E-state index contributed by atoms with van der Waals surface area (Å²) in [6.07, 6.45) is 1.03. The molecular weight excluding hydrogens is 248 g/mol. The van der Waals surface area contributed by atoms with Gasteiger partial charge in [-0.15, -0.1) is 0 Å². The van der Waals surface area contributed by atoms with Gasteiger partial charge in [0, 0.05) is 18.5 Å². The number of unbranched alkanes of at least 4 members (excludes halogenated alkanes) is 1. The second kappa shape index (κ2) is 7.86. The Kier molecular flexibility index (Phi) is 6.08. The maximum atomic E-state index is 11.4. The first-order chi connectivity index (χ1) is 9.08. The molecule has 102 valence electrons. The summed E-state index contributed by atoms with van der Waals surface area (Å²) in [5, 5.41) is 13.1. The fourth-order valence-electron chi connectivity index (χ4n) is 1.43. The molecule has 0 bridgehead atoms. The molecule has 6 heteroatoms. The Morgan fingerprint density at radius 3 is 2.26 bits per heavy atom. The highest BCUT2D eigenvalue weighted by atomic mass is 16.4. The fraction of sp³-hybridized carbons (Fsp3) is 0.308. The van der Waals surface area contributed by atoms with Gasteiger partial charge >= 0.3 is 12.0 Å². The number of benzene rings is 1. The van der Waals surface area contributed by atoms with Crippen LogP contribution in [0.1, 0.15) is 25.7 Å². The van der Waals surface area contributed by atoms with Crippen molar-refractivity contribution in [1.82, 2.24) is 5.32 Å². The van der Waals surface area contributed by atoms with E-state index >= 15 is 0 Å². The second-order valence-electron chi connectivity index (χ2n) is 3.97. The van der Waals surface area contributed by atoms with Gasteiger partial charge in [-0.1, -0.05) is 18.2 Å². The third-order valence-electron chi connectivity index (χ3n) is 2.33. The van der Waals surface area contributed by atoms with E-state index < -0.39 is 17.9 Å². The average Bonchev–Trinajstić information content (AvgIpc) is 2.35. The number of carboxylic acid groups (broad SMARTS) is 1. The Morgan fingerprint density at radius 2 is 1.63 bits per heavy atom. The van der Waals surface area contributed by atoms with E-state index in [1.54, 1.807) is 24.3 Å². The minimum Gasteiger partial charge on any atom is -0.481 e. The number of carbonyl (C=O) groups is 3. The van der Waals surface area contributed by atoms with Crippen molar-refractivity contribution in [2.24, 2.45) is 0 Å². The lowest BCUT2D eigenvalue weighted by Gasteiger charge is -2.06. The molecule has 1 aromatic rings. The lowest BCUT2D eigenvalue weighted by atomic mass is 10.2. The highest BCUT2D eigenvalue weighted by Crippen LogP contribution is 2.04. The third kappa shape index (κ3) is 6.82. The number of nitrogens with one attached hydrogen (secondary N) is 2. The second-order valence-corrected chi connectivity index (χ2v) is 3.97. The number of hydrogen-bond acceptors (Lipinski definition) is 3. The summed E-state index contributed by atoms with van der Waals surface area (Å²) in [6, 6.07) is 8.17. The Bertz CT molecular complexity index is 445. The molecule has 0 saturated heterocycles. The number of para-hydroxylation sites is 1. The first-order valence-electron chi connectivity index (χ1n) is 5.95. The Morgan fingerprint density at radius 1 is 1.00 bits per heavy atom.